The first kappa shape index (κ1) is 16.3. The fraction of sp³-hybridized carbons (Fsp3) is 0.625. The first-order chi connectivity index (χ1) is 9.95. The SMILES string of the molecule is CCCS(=O)(=O)c1ccc(N(C)C2CCCCC2O)cc1. The molecule has 1 aromatic rings. The fourth-order valence-corrected chi connectivity index (χ4v) is 4.33. The molecule has 0 bridgehead atoms. The molecular formula is C16H25NO3S. The van der Waals surface area contributed by atoms with Gasteiger partial charge in [-0.15, -0.1) is 0 Å². The molecule has 0 aromatic heterocycles. The van der Waals surface area contributed by atoms with Crippen molar-refractivity contribution >= 4 is 15.5 Å². The van der Waals surface area contributed by atoms with E-state index < -0.39 is 9.84 Å². The monoisotopic (exact) mass is 311 g/mol. The lowest BCUT2D eigenvalue weighted by Crippen LogP contribution is -2.43. The minimum absolute atomic E-state index is 0.122. The zero-order chi connectivity index (χ0) is 15.5. The molecule has 1 aromatic carbocycles. The first-order valence-corrected chi connectivity index (χ1v) is 9.34. The van der Waals surface area contributed by atoms with Gasteiger partial charge in [-0.1, -0.05) is 19.8 Å². The van der Waals surface area contributed by atoms with E-state index in [9.17, 15) is 13.5 Å². The molecule has 0 spiro atoms. The van der Waals surface area contributed by atoms with Gasteiger partial charge in [-0.25, -0.2) is 8.42 Å². The molecule has 0 amide bonds. The molecule has 0 aliphatic heterocycles. The number of benzene rings is 1. The van der Waals surface area contributed by atoms with Gasteiger partial charge in [0.25, 0.3) is 0 Å². The second kappa shape index (κ2) is 6.79. The van der Waals surface area contributed by atoms with Gasteiger partial charge in [-0.05, 0) is 43.5 Å². The predicted molar refractivity (Wildman–Crippen MR) is 85.5 cm³/mol. The van der Waals surface area contributed by atoms with Gasteiger partial charge in [-0.3, -0.25) is 0 Å². The van der Waals surface area contributed by atoms with E-state index in [0.29, 0.717) is 11.3 Å². The van der Waals surface area contributed by atoms with Crippen molar-refractivity contribution < 1.29 is 13.5 Å². The molecule has 1 N–H and O–H groups in total. The predicted octanol–water partition coefficient (Wildman–Crippen LogP) is 2.61. The number of aliphatic hydroxyl groups excluding tert-OH is 1. The van der Waals surface area contributed by atoms with Crippen LogP contribution in [0.25, 0.3) is 0 Å². The highest BCUT2D eigenvalue weighted by Gasteiger charge is 2.27. The summed E-state index contributed by atoms with van der Waals surface area (Å²) in [6, 6.07) is 7.14. The molecule has 0 radical (unpaired) electrons. The lowest BCUT2D eigenvalue weighted by molar-refractivity contribution is 0.106. The highest BCUT2D eigenvalue weighted by molar-refractivity contribution is 7.91. The molecular weight excluding hydrogens is 286 g/mol. The molecule has 5 heteroatoms. The molecule has 0 saturated heterocycles. The van der Waals surface area contributed by atoms with Gasteiger partial charge >= 0.3 is 0 Å². The summed E-state index contributed by atoms with van der Waals surface area (Å²) in [4.78, 5) is 2.45. The maximum absolute atomic E-state index is 12.0. The second-order valence-corrected chi connectivity index (χ2v) is 7.95. The Morgan fingerprint density at radius 1 is 1.19 bits per heavy atom. The van der Waals surface area contributed by atoms with Crippen molar-refractivity contribution in [2.24, 2.45) is 0 Å². The molecule has 118 valence electrons. The highest BCUT2D eigenvalue weighted by atomic mass is 32.2. The maximum Gasteiger partial charge on any atom is 0.178 e. The lowest BCUT2D eigenvalue weighted by Gasteiger charge is -2.36. The third-order valence-electron chi connectivity index (χ3n) is 4.27. The molecule has 2 rings (SSSR count). The summed E-state index contributed by atoms with van der Waals surface area (Å²) < 4.78 is 24.0. The number of sulfone groups is 1. The lowest BCUT2D eigenvalue weighted by atomic mass is 9.91. The van der Waals surface area contributed by atoms with Gasteiger partial charge in [0.15, 0.2) is 9.84 Å². The Kier molecular flexibility index (Phi) is 5.27. The molecule has 0 heterocycles. The summed E-state index contributed by atoms with van der Waals surface area (Å²) >= 11 is 0. The summed E-state index contributed by atoms with van der Waals surface area (Å²) in [6.45, 7) is 1.87. The van der Waals surface area contributed by atoms with E-state index >= 15 is 0 Å². The summed E-state index contributed by atoms with van der Waals surface area (Å²) in [7, 11) is -1.19. The van der Waals surface area contributed by atoms with E-state index in [0.717, 1.165) is 31.4 Å². The van der Waals surface area contributed by atoms with Crippen molar-refractivity contribution in [3.63, 3.8) is 0 Å². The van der Waals surface area contributed by atoms with Crippen LogP contribution >= 0.6 is 0 Å². The van der Waals surface area contributed by atoms with Crippen molar-refractivity contribution in [3.8, 4) is 0 Å². The number of hydrogen-bond donors (Lipinski definition) is 1. The Bertz CT molecular complexity index is 553. The average Bonchev–Trinajstić information content (AvgIpc) is 2.47. The summed E-state index contributed by atoms with van der Waals surface area (Å²) in [5.74, 6) is 0.184. The number of hydrogen-bond acceptors (Lipinski definition) is 4. The fourth-order valence-electron chi connectivity index (χ4n) is 3.01. The minimum Gasteiger partial charge on any atom is -0.391 e. The van der Waals surface area contributed by atoms with Crippen molar-refractivity contribution in [2.75, 3.05) is 17.7 Å². The van der Waals surface area contributed by atoms with Crippen molar-refractivity contribution in [2.45, 2.75) is 56.1 Å². The maximum atomic E-state index is 12.0. The molecule has 2 unspecified atom stereocenters. The number of likely N-dealkylation sites (N-methyl/N-ethyl adjacent to an activating group) is 1. The Hall–Kier alpha value is -1.07. The van der Waals surface area contributed by atoms with Crippen LogP contribution in [-0.2, 0) is 9.84 Å². The third-order valence-corrected chi connectivity index (χ3v) is 6.20. The van der Waals surface area contributed by atoms with E-state index in [-0.39, 0.29) is 17.9 Å². The Labute approximate surface area is 127 Å². The number of anilines is 1. The smallest absolute Gasteiger partial charge is 0.178 e. The molecule has 1 aliphatic carbocycles. The van der Waals surface area contributed by atoms with Gasteiger partial charge < -0.3 is 10.0 Å². The molecule has 1 fully saturated rings. The van der Waals surface area contributed by atoms with Gasteiger partial charge in [-0.2, -0.15) is 0 Å². The topological polar surface area (TPSA) is 57.6 Å². The zero-order valence-corrected chi connectivity index (χ0v) is 13.6. The Balaban J connectivity index is 2.15. The zero-order valence-electron chi connectivity index (χ0n) is 12.8. The normalized spacial score (nSPS) is 23.0. The van der Waals surface area contributed by atoms with E-state index in [2.05, 4.69) is 4.90 Å². The van der Waals surface area contributed by atoms with E-state index in [1.807, 2.05) is 26.1 Å². The van der Waals surface area contributed by atoms with Gasteiger partial charge in [0.2, 0.25) is 0 Å². The van der Waals surface area contributed by atoms with Crippen LogP contribution in [0.2, 0.25) is 0 Å². The van der Waals surface area contributed by atoms with Crippen LogP contribution in [0, 0.1) is 0 Å². The molecule has 1 aliphatic rings. The van der Waals surface area contributed by atoms with E-state index in [4.69, 9.17) is 0 Å². The van der Waals surface area contributed by atoms with E-state index in [1.54, 1.807) is 12.1 Å². The first-order valence-electron chi connectivity index (χ1n) is 7.69. The average molecular weight is 311 g/mol. The van der Waals surface area contributed by atoms with Crippen LogP contribution in [0.15, 0.2) is 29.2 Å². The summed E-state index contributed by atoms with van der Waals surface area (Å²) in [6.07, 6.45) is 4.37. The van der Waals surface area contributed by atoms with Crippen LogP contribution in [0.4, 0.5) is 5.69 Å². The number of aliphatic hydroxyl groups is 1. The minimum atomic E-state index is -3.16. The van der Waals surface area contributed by atoms with Crippen LogP contribution in [0.1, 0.15) is 39.0 Å². The molecule has 2 atom stereocenters. The molecule has 1 saturated carbocycles. The van der Waals surface area contributed by atoms with Crippen LogP contribution in [-0.4, -0.2) is 38.5 Å². The largest absolute Gasteiger partial charge is 0.391 e. The van der Waals surface area contributed by atoms with Crippen molar-refractivity contribution in [1.29, 1.82) is 0 Å². The number of nitrogens with zero attached hydrogens (tertiary/aromatic N) is 1. The molecule has 21 heavy (non-hydrogen) atoms. The summed E-state index contributed by atoms with van der Waals surface area (Å²) in [5, 5.41) is 10.1. The van der Waals surface area contributed by atoms with Gasteiger partial charge in [0, 0.05) is 12.7 Å². The van der Waals surface area contributed by atoms with Gasteiger partial charge in [0.05, 0.1) is 22.8 Å². The van der Waals surface area contributed by atoms with Crippen LogP contribution in [0.5, 0.6) is 0 Å². The van der Waals surface area contributed by atoms with Gasteiger partial charge in [0.1, 0.15) is 0 Å². The van der Waals surface area contributed by atoms with Crippen LogP contribution < -0.4 is 4.90 Å². The van der Waals surface area contributed by atoms with E-state index in [1.165, 1.54) is 0 Å². The van der Waals surface area contributed by atoms with Crippen molar-refractivity contribution in [3.05, 3.63) is 24.3 Å². The highest BCUT2D eigenvalue weighted by Crippen LogP contribution is 2.27. The Morgan fingerprint density at radius 3 is 2.38 bits per heavy atom. The van der Waals surface area contributed by atoms with Crippen LogP contribution in [0.3, 0.4) is 0 Å². The number of rotatable bonds is 5. The quantitative estimate of drug-likeness (QED) is 0.908. The van der Waals surface area contributed by atoms with Crippen molar-refractivity contribution in [1.82, 2.24) is 0 Å². The second-order valence-electron chi connectivity index (χ2n) is 5.84. The Morgan fingerprint density at radius 2 is 1.81 bits per heavy atom. The standard InChI is InChI=1S/C16H25NO3S/c1-3-12-21(19,20)14-10-8-13(9-11-14)17(2)15-6-4-5-7-16(15)18/h8-11,15-16,18H,3-7,12H2,1-2H3. The summed E-state index contributed by atoms with van der Waals surface area (Å²) in [5.41, 5.74) is 0.955. The third kappa shape index (κ3) is 3.77. The molecule has 4 nitrogen and oxygen atoms in total.